The van der Waals surface area contributed by atoms with Gasteiger partial charge in [0.2, 0.25) is 0 Å². The zero-order valence-electron chi connectivity index (χ0n) is 9.91. The fourth-order valence-corrected chi connectivity index (χ4v) is 1.45. The van der Waals surface area contributed by atoms with E-state index in [0.717, 1.165) is 32.1 Å². The van der Waals surface area contributed by atoms with Gasteiger partial charge in [0.1, 0.15) is 0 Å². The van der Waals surface area contributed by atoms with Gasteiger partial charge in [0.15, 0.2) is 0 Å². The Labute approximate surface area is 83.5 Å². The third-order valence-electron chi connectivity index (χ3n) is 2.19. The maximum Gasteiger partial charge on any atom is 0.00148 e. The van der Waals surface area contributed by atoms with Gasteiger partial charge in [-0.2, -0.15) is 0 Å². The highest BCUT2D eigenvalue weighted by Crippen LogP contribution is 2.13. The summed E-state index contributed by atoms with van der Waals surface area (Å²) in [5.41, 5.74) is 0.417. The van der Waals surface area contributed by atoms with Crippen LogP contribution in [0.15, 0.2) is 0 Å². The minimum absolute atomic E-state index is 0.417. The molecule has 0 aromatic rings. The Morgan fingerprint density at radius 2 is 1.38 bits per heavy atom. The molecule has 0 amide bonds. The van der Waals surface area contributed by atoms with E-state index in [9.17, 15) is 0 Å². The second kappa shape index (κ2) is 6.39. The first-order chi connectivity index (χ1) is 6.10. The molecular weight excluding hydrogens is 160 g/mol. The van der Waals surface area contributed by atoms with Crippen LogP contribution in [0.4, 0.5) is 0 Å². The van der Waals surface area contributed by atoms with E-state index >= 15 is 0 Å². The van der Waals surface area contributed by atoms with Crippen molar-refractivity contribution in [3.8, 4) is 0 Å². The summed E-state index contributed by atoms with van der Waals surface area (Å²) >= 11 is 0. The Bertz CT molecular complexity index is 109. The maximum atomic E-state index is 3.49. The van der Waals surface area contributed by atoms with Crippen LogP contribution in [0.25, 0.3) is 0 Å². The molecular formula is C11H26N2. The van der Waals surface area contributed by atoms with Crippen LogP contribution in [-0.4, -0.2) is 26.2 Å². The Kier molecular flexibility index (Phi) is 6.35. The molecule has 1 aliphatic heterocycles. The van der Waals surface area contributed by atoms with Gasteiger partial charge in [-0.25, -0.2) is 0 Å². The molecule has 0 aromatic carbocycles. The molecule has 0 spiro atoms. The van der Waals surface area contributed by atoms with Crippen LogP contribution in [-0.2, 0) is 0 Å². The molecule has 13 heavy (non-hydrogen) atoms. The number of nitrogens with one attached hydrogen (secondary N) is 2. The molecule has 1 heterocycles. The van der Waals surface area contributed by atoms with Crippen LogP contribution in [0.2, 0.25) is 0 Å². The summed E-state index contributed by atoms with van der Waals surface area (Å²) in [5.74, 6) is 0.770. The van der Waals surface area contributed by atoms with E-state index in [4.69, 9.17) is 0 Å². The summed E-state index contributed by atoms with van der Waals surface area (Å²) in [4.78, 5) is 0. The third kappa shape index (κ3) is 6.05. The van der Waals surface area contributed by atoms with Gasteiger partial charge < -0.3 is 10.6 Å². The van der Waals surface area contributed by atoms with Gasteiger partial charge in [0.05, 0.1) is 0 Å². The second-order valence-electron chi connectivity index (χ2n) is 4.53. The largest absolute Gasteiger partial charge is 0.316 e. The first-order valence-electron chi connectivity index (χ1n) is 5.52. The second-order valence-corrected chi connectivity index (χ2v) is 4.53. The molecule has 1 saturated heterocycles. The molecule has 2 nitrogen and oxygen atoms in total. The van der Waals surface area contributed by atoms with E-state index in [1.165, 1.54) is 0 Å². The molecule has 2 heteroatoms. The zero-order chi connectivity index (χ0) is 10.3. The van der Waals surface area contributed by atoms with Crippen molar-refractivity contribution in [1.29, 1.82) is 0 Å². The minimum atomic E-state index is 0.417. The molecule has 1 fully saturated rings. The van der Waals surface area contributed by atoms with Crippen LogP contribution in [0.3, 0.4) is 0 Å². The van der Waals surface area contributed by atoms with Crippen molar-refractivity contribution < 1.29 is 0 Å². The highest BCUT2D eigenvalue weighted by Gasteiger charge is 2.19. The highest BCUT2D eigenvalue weighted by molar-refractivity contribution is 4.78. The van der Waals surface area contributed by atoms with Crippen molar-refractivity contribution in [3.05, 3.63) is 0 Å². The van der Waals surface area contributed by atoms with E-state index in [1.54, 1.807) is 0 Å². The maximum absolute atomic E-state index is 3.49. The molecule has 0 saturated carbocycles. The lowest BCUT2D eigenvalue weighted by Crippen LogP contribution is -2.45. The van der Waals surface area contributed by atoms with Gasteiger partial charge in [0.25, 0.3) is 0 Å². The Hall–Kier alpha value is -0.0800. The molecule has 0 aliphatic carbocycles. The molecule has 0 aromatic heterocycles. The lowest BCUT2D eigenvalue weighted by Gasteiger charge is -2.30. The zero-order valence-corrected chi connectivity index (χ0v) is 9.91. The summed E-state index contributed by atoms with van der Waals surface area (Å²) in [6.45, 7) is 15.4. The van der Waals surface area contributed by atoms with E-state index in [2.05, 4.69) is 31.4 Å². The average molecular weight is 186 g/mol. The van der Waals surface area contributed by atoms with Crippen molar-refractivity contribution in [2.45, 2.75) is 34.6 Å². The summed E-state index contributed by atoms with van der Waals surface area (Å²) in [6, 6.07) is 0. The highest BCUT2D eigenvalue weighted by atomic mass is 15.0. The van der Waals surface area contributed by atoms with E-state index < -0.39 is 0 Å². The summed E-state index contributed by atoms with van der Waals surface area (Å²) < 4.78 is 0. The van der Waals surface area contributed by atoms with Crippen molar-refractivity contribution in [3.63, 3.8) is 0 Å². The van der Waals surface area contributed by atoms with Crippen LogP contribution >= 0.6 is 0 Å². The van der Waals surface area contributed by atoms with Crippen molar-refractivity contribution >= 4 is 0 Å². The monoisotopic (exact) mass is 186 g/mol. The summed E-state index contributed by atoms with van der Waals surface area (Å²) in [5, 5.41) is 6.97. The molecule has 80 valence electrons. The first kappa shape index (κ1) is 12.9. The summed E-state index contributed by atoms with van der Waals surface area (Å²) in [6.07, 6.45) is 0. The van der Waals surface area contributed by atoms with Crippen molar-refractivity contribution in [2.24, 2.45) is 11.3 Å². The van der Waals surface area contributed by atoms with Gasteiger partial charge in [-0.15, -0.1) is 0 Å². The van der Waals surface area contributed by atoms with Gasteiger partial charge in [-0.3, -0.25) is 0 Å². The predicted molar refractivity (Wildman–Crippen MR) is 60.0 cm³/mol. The molecule has 0 radical (unpaired) electrons. The van der Waals surface area contributed by atoms with E-state index in [1.807, 2.05) is 13.8 Å². The van der Waals surface area contributed by atoms with Crippen LogP contribution in [0.1, 0.15) is 34.6 Å². The fraction of sp³-hybridized carbons (Fsp3) is 1.00. The molecule has 0 unspecified atom stereocenters. The lowest BCUT2D eigenvalue weighted by atomic mass is 9.92. The van der Waals surface area contributed by atoms with Crippen LogP contribution < -0.4 is 10.6 Å². The first-order valence-corrected chi connectivity index (χ1v) is 5.52. The Morgan fingerprint density at radius 1 is 1.00 bits per heavy atom. The van der Waals surface area contributed by atoms with E-state index in [0.29, 0.717) is 5.41 Å². The quantitative estimate of drug-likeness (QED) is 0.603. The van der Waals surface area contributed by atoms with Crippen LogP contribution in [0, 0.1) is 11.3 Å². The normalized spacial score (nSPS) is 23.8. The third-order valence-corrected chi connectivity index (χ3v) is 2.19. The smallest absolute Gasteiger partial charge is 0.00148 e. The van der Waals surface area contributed by atoms with Gasteiger partial charge in [0, 0.05) is 13.1 Å². The molecule has 2 N–H and O–H groups in total. The van der Waals surface area contributed by atoms with Crippen molar-refractivity contribution in [1.82, 2.24) is 10.6 Å². The van der Waals surface area contributed by atoms with Crippen molar-refractivity contribution in [2.75, 3.05) is 26.2 Å². The standard InChI is InChI=1S/C9H20N2.C2H6/c1-8-4-10-6-9(2,3)7-11-5-8;1-2/h8,10-11H,4-7H2,1-3H3;1-2H3. The molecule has 0 bridgehead atoms. The van der Waals surface area contributed by atoms with E-state index in [-0.39, 0.29) is 0 Å². The van der Waals surface area contributed by atoms with Gasteiger partial charge >= 0.3 is 0 Å². The number of hydrogen-bond donors (Lipinski definition) is 2. The Balaban J connectivity index is 0.000000671. The average Bonchev–Trinajstić information content (AvgIpc) is 2.05. The lowest BCUT2D eigenvalue weighted by molar-refractivity contribution is 0.278. The topological polar surface area (TPSA) is 24.1 Å². The summed E-state index contributed by atoms with van der Waals surface area (Å²) in [7, 11) is 0. The fourth-order valence-electron chi connectivity index (χ4n) is 1.45. The predicted octanol–water partition coefficient (Wildman–Crippen LogP) is 1.87. The molecule has 1 rings (SSSR count). The van der Waals surface area contributed by atoms with Gasteiger partial charge in [-0.05, 0) is 24.4 Å². The number of hydrogen-bond acceptors (Lipinski definition) is 2. The minimum Gasteiger partial charge on any atom is -0.316 e. The number of rotatable bonds is 0. The molecule has 1 aliphatic rings. The molecule has 0 atom stereocenters. The Morgan fingerprint density at radius 3 is 1.77 bits per heavy atom. The van der Waals surface area contributed by atoms with Gasteiger partial charge in [-0.1, -0.05) is 34.6 Å². The van der Waals surface area contributed by atoms with Crippen LogP contribution in [0.5, 0.6) is 0 Å². The SMILES string of the molecule is CC.CC1CNCC(C)(C)CNC1.